The Balaban J connectivity index is 2.86. The van der Waals surface area contributed by atoms with Gasteiger partial charge in [0, 0.05) is 32.7 Å². The van der Waals surface area contributed by atoms with Gasteiger partial charge in [-0.1, -0.05) is 0 Å². The number of ketones is 1. The van der Waals surface area contributed by atoms with Crippen molar-refractivity contribution < 1.29 is 19.1 Å². The van der Waals surface area contributed by atoms with Crippen molar-refractivity contribution in [2.24, 2.45) is 7.05 Å². The van der Waals surface area contributed by atoms with Crippen LogP contribution in [0.15, 0.2) is 23.1 Å². The number of fused-ring (bicyclic) bond motifs is 1. The van der Waals surface area contributed by atoms with E-state index >= 15 is 0 Å². The number of pyridine rings is 1. The number of aryl methyl sites for hydroxylation is 1. The molecule has 0 aliphatic heterocycles. The van der Waals surface area contributed by atoms with E-state index in [1.165, 1.54) is 10.6 Å². The van der Waals surface area contributed by atoms with E-state index in [0.717, 1.165) is 12.3 Å². The van der Waals surface area contributed by atoms with Crippen LogP contribution in [0.5, 0.6) is 0 Å². The molecule has 110 valence electrons. The molecule has 0 atom stereocenters. The number of aromatic nitrogens is 1. The summed E-state index contributed by atoms with van der Waals surface area (Å²) in [7, 11) is 4.87. The summed E-state index contributed by atoms with van der Waals surface area (Å²) in [5, 5.41) is 8.68. The van der Waals surface area contributed by atoms with Gasteiger partial charge in [0.15, 0.2) is 0 Å². The molecule has 1 heterocycles. The van der Waals surface area contributed by atoms with Crippen molar-refractivity contribution in [2.75, 3.05) is 19.0 Å². The Morgan fingerprint density at radius 2 is 1.90 bits per heavy atom. The number of halogens is 1. The average molecular weight is 292 g/mol. The van der Waals surface area contributed by atoms with Crippen molar-refractivity contribution in [1.29, 1.82) is 0 Å². The molecule has 0 saturated heterocycles. The zero-order chi connectivity index (χ0) is 15.9. The summed E-state index contributed by atoms with van der Waals surface area (Å²) in [5.41, 5.74) is -0.587. The van der Waals surface area contributed by atoms with E-state index in [0.29, 0.717) is 5.52 Å². The van der Waals surface area contributed by atoms with Crippen LogP contribution >= 0.6 is 0 Å². The predicted molar refractivity (Wildman–Crippen MR) is 75.4 cm³/mol. The minimum absolute atomic E-state index is 0.0345. The molecule has 0 bridgehead atoms. The summed E-state index contributed by atoms with van der Waals surface area (Å²) in [6.07, 6.45) is 1.15. The van der Waals surface area contributed by atoms with Crippen molar-refractivity contribution in [3.63, 3.8) is 0 Å². The van der Waals surface area contributed by atoms with E-state index in [2.05, 4.69) is 0 Å². The standard InChI is InChI=1S/C14H13FN2O4/c1-16(2)11-5-10-7(4-9(11)15)12(18)8(6-17(10)3)13(19)14(20)21/h4-6H,1-3H3,(H,20,21). The molecule has 0 saturated carbocycles. The Kier molecular flexibility index (Phi) is 3.51. The molecule has 2 rings (SSSR count). The fraction of sp³-hybridized carbons (Fsp3) is 0.214. The van der Waals surface area contributed by atoms with Crippen molar-refractivity contribution in [1.82, 2.24) is 4.57 Å². The third kappa shape index (κ3) is 2.37. The normalized spacial score (nSPS) is 10.7. The highest BCUT2D eigenvalue weighted by Gasteiger charge is 2.21. The van der Waals surface area contributed by atoms with Crippen LogP contribution in [0, 0.1) is 5.82 Å². The molecule has 0 aliphatic rings. The van der Waals surface area contributed by atoms with Gasteiger partial charge in [-0.2, -0.15) is 0 Å². The summed E-state index contributed by atoms with van der Waals surface area (Å²) in [5.74, 6) is -3.66. The van der Waals surface area contributed by atoms with Crippen molar-refractivity contribution in [2.45, 2.75) is 0 Å². The fourth-order valence-electron chi connectivity index (χ4n) is 2.11. The lowest BCUT2D eigenvalue weighted by Crippen LogP contribution is -2.24. The monoisotopic (exact) mass is 292 g/mol. The number of carboxylic acid groups (broad SMARTS) is 1. The van der Waals surface area contributed by atoms with E-state index < -0.39 is 28.6 Å². The summed E-state index contributed by atoms with van der Waals surface area (Å²) in [4.78, 5) is 36.0. The van der Waals surface area contributed by atoms with Crippen molar-refractivity contribution in [3.05, 3.63) is 39.9 Å². The maximum absolute atomic E-state index is 14.0. The molecule has 0 aliphatic carbocycles. The maximum atomic E-state index is 14.0. The molecular weight excluding hydrogens is 279 g/mol. The van der Waals surface area contributed by atoms with E-state index in [-0.39, 0.29) is 11.1 Å². The van der Waals surface area contributed by atoms with Crippen LogP contribution in [-0.2, 0) is 11.8 Å². The van der Waals surface area contributed by atoms with Gasteiger partial charge in [-0.15, -0.1) is 0 Å². The van der Waals surface area contributed by atoms with E-state index in [1.807, 2.05) is 0 Å². The molecular formula is C14H13FN2O4. The second kappa shape index (κ2) is 5.01. The van der Waals surface area contributed by atoms with Crippen LogP contribution in [0.25, 0.3) is 10.9 Å². The third-order valence-electron chi connectivity index (χ3n) is 3.18. The molecule has 6 nitrogen and oxygen atoms in total. The molecule has 0 radical (unpaired) electrons. The topological polar surface area (TPSA) is 79.6 Å². The van der Waals surface area contributed by atoms with Crippen LogP contribution < -0.4 is 10.3 Å². The molecule has 21 heavy (non-hydrogen) atoms. The molecule has 0 fully saturated rings. The number of carbonyl (C=O) groups is 2. The lowest BCUT2D eigenvalue weighted by molar-refractivity contribution is -0.131. The number of hydrogen-bond acceptors (Lipinski definition) is 4. The number of Topliss-reactive ketones (excluding diaryl/α,β-unsaturated/α-hetero) is 1. The largest absolute Gasteiger partial charge is 0.475 e. The minimum Gasteiger partial charge on any atom is -0.475 e. The highest BCUT2D eigenvalue weighted by Crippen LogP contribution is 2.23. The quantitative estimate of drug-likeness (QED) is 0.674. The first-order valence-electron chi connectivity index (χ1n) is 6.02. The Bertz CT molecular complexity index is 824. The molecule has 0 amide bonds. The van der Waals surface area contributed by atoms with Gasteiger partial charge in [0.1, 0.15) is 5.82 Å². The predicted octanol–water partition coefficient (Wildman–Crippen LogP) is 1.01. The second-order valence-corrected chi connectivity index (χ2v) is 4.83. The van der Waals surface area contributed by atoms with Crippen LogP contribution in [0.4, 0.5) is 10.1 Å². The van der Waals surface area contributed by atoms with Crippen molar-refractivity contribution in [3.8, 4) is 0 Å². The Morgan fingerprint density at radius 1 is 1.29 bits per heavy atom. The first-order chi connectivity index (χ1) is 9.73. The molecule has 1 N–H and O–H groups in total. The zero-order valence-electron chi connectivity index (χ0n) is 11.7. The number of benzene rings is 1. The first-order valence-corrected chi connectivity index (χ1v) is 6.02. The Labute approximate surface area is 119 Å². The number of hydrogen-bond donors (Lipinski definition) is 1. The number of nitrogens with zero attached hydrogens (tertiary/aromatic N) is 2. The third-order valence-corrected chi connectivity index (χ3v) is 3.18. The molecule has 0 spiro atoms. The smallest absolute Gasteiger partial charge is 0.377 e. The summed E-state index contributed by atoms with van der Waals surface area (Å²) in [6, 6.07) is 2.49. The van der Waals surface area contributed by atoms with Gasteiger partial charge >= 0.3 is 5.97 Å². The zero-order valence-corrected chi connectivity index (χ0v) is 11.7. The van der Waals surface area contributed by atoms with Gasteiger partial charge in [0.2, 0.25) is 5.43 Å². The van der Waals surface area contributed by atoms with Crippen molar-refractivity contribution >= 4 is 28.3 Å². The SMILES string of the molecule is CN(C)c1cc2c(cc1F)c(=O)c(C(=O)C(=O)O)cn2C. The molecule has 0 unspecified atom stereocenters. The lowest BCUT2D eigenvalue weighted by Gasteiger charge is -2.16. The lowest BCUT2D eigenvalue weighted by atomic mass is 10.1. The van der Waals surface area contributed by atoms with Crippen LogP contribution in [-0.4, -0.2) is 35.5 Å². The fourth-order valence-corrected chi connectivity index (χ4v) is 2.11. The van der Waals surface area contributed by atoms with Gasteiger partial charge in [0.25, 0.3) is 5.78 Å². The van der Waals surface area contributed by atoms with Crippen LogP contribution in [0.2, 0.25) is 0 Å². The number of carbonyl (C=O) groups excluding carboxylic acids is 1. The first kappa shape index (κ1) is 14.7. The second-order valence-electron chi connectivity index (χ2n) is 4.83. The van der Waals surface area contributed by atoms with Gasteiger partial charge < -0.3 is 14.6 Å². The Morgan fingerprint density at radius 3 is 2.43 bits per heavy atom. The summed E-state index contributed by atoms with van der Waals surface area (Å²) >= 11 is 0. The van der Waals surface area contributed by atoms with Gasteiger partial charge in [0.05, 0.1) is 16.8 Å². The van der Waals surface area contributed by atoms with Gasteiger partial charge in [-0.05, 0) is 12.1 Å². The highest BCUT2D eigenvalue weighted by molar-refractivity contribution is 6.40. The molecule has 2 aromatic rings. The molecule has 1 aromatic carbocycles. The molecule has 1 aromatic heterocycles. The van der Waals surface area contributed by atoms with E-state index in [4.69, 9.17) is 5.11 Å². The highest BCUT2D eigenvalue weighted by atomic mass is 19.1. The van der Waals surface area contributed by atoms with E-state index in [9.17, 15) is 18.8 Å². The minimum atomic E-state index is -1.73. The van der Waals surface area contributed by atoms with Crippen LogP contribution in [0.1, 0.15) is 10.4 Å². The maximum Gasteiger partial charge on any atom is 0.377 e. The molecule has 7 heteroatoms. The average Bonchev–Trinajstić information content (AvgIpc) is 2.41. The van der Waals surface area contributed by atoms with Gasteiger partial charge in [-0.25, -0.2) is 9.18 Å². The van der Waals surface area contributed by atoms with Crippen LogP contribution in [0.3, 0.4) is 0 Å². The summed E-state index contributed by atoms with van der Waals surface area (Å²) in [6.45, 7) is 0. The summed E-state index contributed by atoms with van der Waals surface area (Å²) < 4.78 is 15.4. The van der Waals surface area contributed by atoms with E-state index in [1.54, 1.807) is 26.0 Å². The number of carboxylic acids is 1. The Hall–Kier alpha value is -2.70. The number of anilines is 1. The number of rotatable bonds is 3. The van der Waals surface area contributed by atoms with Gasteiger partial charge in [-0.3, -0.25) is 9.59 Å². The number of aliphatic carboxylic acids is 1.